The Bertz CT molecular complexity index is 240. The average Bonchev–Trinajstić information content (AvgIpc) is 2.30. The molecule has 3 heteroatoms. The van der Waals surface area contributed by atoms with Gasteiger partial charge in [0.25, 0.3) is 0 Å². The summed E-state index contributed by atoms with van der Waals surface area (Å²) >= 11 is 0. The minimum atomic E-state index is 0.682. The van der Waals surface area contributed by atoms with Crippen molar-refractivity contribution in [3.63, 3.8) is 0 Å². The van der Waals surface area contributed by atoms with Crippen molar-refractivity contribution in [1.29, 1.82) is 0 Å². The molecule has 0 spiro atoms. The van der Waals surface area contributed by atoms with E-state index in [1.54, 1.807) is 10.9 Å². The Hall–Kier alpha value is -1.12. The fourth-order valence-electron chi connectivity index (χ4n) is 0.811. The molecule has 0 atom stereocenters. The average molecular weight is 138 g/mol. The molecule has 1 rings (SSSR count). The van der Waals surface area contributed by atoms with Gasteiger partial charge in [-0.3, -0.25) is 9.48 Å². The highest BCUT2D eigenvalue weighted by atomic mass is 16.1. The molecule has 0 amide bonds. The first kappa shape index (κ1) is 6.99. The van der Waals surface area contributed by atoms with Gasteiger partial charge in [0.1, 0.15) is 0 Å². The van der Waals surface area contributed by atoms with E-state index >= 15 is 0 Å². The first-order valence-corrected chi connectivity index (χ1v) is 3.27. The summed E-state index contributed by atoms with van der Waals surface area (Å²) < 4.78 is 1.75. The third kappa shape index (κ3) is 1.07. The molecule has 0 aliphatic rings. The number of nitrogens with zero attached hydrogens (tertiary/aromatic N) is 2. The Balaban J connectivity index is 3.03. The third-order valence-corrected chi connectivity index (χ3v) is 1.44. The SMILES string of the molecule is CCn1cc(C=O)c(C)n1. The second-order valence-electron chi connectivity index (χ2n) is 2.14. The summed E-state index contributed by atoms with van der Waals surface area (Å²) in [6.45, 7) is 4.63. The predicted octanol–water partition coefficient (Wildman–Crippen LogP) is 1.02. The van der Waals surface area contributed by atoms with Gasteiger partial charge >= 0.3 is 0 Å². The van der Waals surface area contributed by atoms with Crippen LogP contribution in [0.2, 0.25) is 0 Å². The fourth-order valence-corrected chi connectivity index (χ4v) is 0.811. The van der Waals surface area contributed by atoms with E-state index in [0.717, 1.165) is 18.5 Å². The molecule has 0 fully saturated rings. The smallest absolute Gasteiger partial charge is 0.153 e. The van der Waals surface area contributed by atoms with Gasteiger partial charge in [0.2, 0.25) is 0 Å². The van der Waals surface area contributed by atoms with Gasteiger partial charge in [-0.05, 0) is 13.8 Å². The van der Waals surface area contributed by atoms with E-state index in [1.807, 2.05) is 13.8 Å². The van der Waals surface area contributed by atoms with Crippen molar-refractivity contribution in [2.75, 3.05) is 0 Å². The topological polar surface area (TPSA) is 34.9 Å². The number of hydrogen-bond acceptors (Lipinski definition) is 2. The van der Waals surface area contributed by atoms with Crippen molar-refractivity contribution in [2.45, 2.75) is 20.4 Å². The van der Waals surface area contributed by atoms with E-state index in [1.165, 1.54) is 0 Å². The molecule has 1 aromatic rings. The molecule has 54 valence electrons. The van der Waals surface area contributed by atoms with Crippen LogP contribution in [0.3, 0.4) is 0 Å². The molecule has 0 saturated heterocycles. The van der Waals surface area contributed by atoms with Crippen LogP contribution < -0.4 is 0 Å². The molecule has 0 radical (unpaired) electrons. The highest BCUT2D eigenvalue weighted by Gasteiger charge is 2.00. The minimum absolute atomic E-state index is 0.682. The molecule has 0 bridgehead atoms. The van der Waals surface area contributed by atoms with E-state index in [0.29, 0.717) is 5.56 Å². The van der Waals surface area contributed by atoms with Gasteiger partial charge in [0.05, 0.1) is 11.3 Å². The summed E-state index contributed by atoms with van der Waals surface area (Å²) in [4.78, 5) is 10.3. The molecular weight excluding hydrogens is 128 g/mol. The second kappa shape index (κ2) is 2.64. The number of rotatable bonds is 2. The number of aromatic nitrogens is 2. The number of aldehydes is 1. The number of carbonyl (C=O) groups excluding carboxylic acids is 1. The van der Waals surface area contributed by atoms with Crippen LogP contribution in [0.25, 0.3) is 0 Å². The summed E-state index contributed by atoms with van der Waals surface area (Å²) in [5.41, 5.74) is 1.48. The van der Waals surface area contributed by atoms with Crippen LogP contribution in [0, 0.1) is 6.92 Å². The van der Waals surface area contributed by atoms with E-state index in [-0.39, 0.29) is 0 Å². The maximum Gasteiger partial charge on any atom is 0.153 e. The van der Waals surface area contributed by atoms with Gasteiger partial charge in [0, 0.05) is 12.7 Å². The molecule has 0 saturated carbocycles. The summed E-state index contributed by atoms with van der Waals surface area (Å²) in [6.07, 6.45) is 2.58. The quantitative estimate of drug-likeness (QED) is 0.572. The van der Waals surface area contributed by atoms with Crippen LogP contribution in [0.15, 0.2) is 6.20 Å². The zero-order valence-electron chi connectivity index (χ0n) is 6.16. The van der Waals surface area contributed by atoms with Crippen molar-refractivity contribution >= 4 is 6.29 Å². The van der Waals surface area contributed by atoms with Crippen LogP contribution in [0.5, 0.6) is 0 Å². The number of hydrogen-bond donors (Lipinski definition) is 0. The van der Waals surface area contributed by atoms with Gasteiger partial charge < -0.3 is 0 Å². The predicted molar refractivity (Wildman–Crippen MR) is 38.0 cm³/mol. The Kier molecular flexibility index (Phi) is 1.85. The van der Waals surface area contributed by atoms with Crippen LogP contribution >= 0.6 is 0 Å². The summed E-state index contributed by atoms with van der Waals surface area (Å²) in [5.74, 6) is 0. The Morgan fingerprint density at radius 3 is 2.80 bits per heavy atom. The van der Waals surface area contributed by atoms with E-state index in [9.17, 15) is 4.79 Å². The molecule has 0 aliphatic carbocycles. The van der Waals surface area contributed by atoms with Gasteiger partial charge in [-0.25, -0.2) is 0 Å². The molecule has 1 aromatic heterocycles. The highest BCUT2D eigenvalue weighted by molar-refractivity contribution is 5.75. The van der Waals surface area contributed by atoms with Crippen LogP contribution in [0.4, 0.5) is 0 Å². The third-order valence-electron chi connectivity index (χ3n) is 1.44. The zero-order valence-corrected chi connectivity index (χ0v) is 6.16. The monoisotopic (exact) mass is 138 g/mol. The molecule has 0 N–H and O–H groups in total. The van der Waals surface area contributed by atoms with Crippen molar-refractivity contribution in [2.24, 2.45) is 0 Å². The first-order chi connectivity index (χ1) is 4.77. The van der Waals surface area contributed by atoms with Crippen molar-refractivity contribution < 1.29 is 4.79 Å². The van der Waals surface area contributed by atoms with Crippen molar-refractivity contribution in [3.8, 4) is 0 Å². The second-order valence-corrected chi connectivity index (χ2v) is 2.14. The first-order valence-electron chi connectivity index (χ1n) is 3.27. The summed E-state index contributed by atoms with van der Waals surface area (Å²) in [7, 11) is 0. The summed E-state index contributed by atoms with van der Waals surface area (Å²) in [5, 5.41) is 4.09. The van der Waals surface area contributed by atoms with Crippen molar-refractivity contribution in [3.05, 3.63) is 17.5 Å². The van der Waals surface area contributed by atoms with E-state index in [2.05, 4.69) is 5.10 Å². The summed E-state index contributed by atoms with van der Waals surface area (Å²) in [6, 6.07) is 0. The fraction of sp³-hybridized carbons (Fsp3) is 0.429. The molecule has 1 heterocycles. The lowest BCUT2D eigenvalue weighted by molar-refractivity contribution is 0.112. The van der Waals surface area contributed by atoms with E-state index < -0.39 is 0 Å². The molecule has 10 heavy (non-hydrogen) atoms. The van der Waals surface area contributed by atoms with Crippen LogP contribution in [0.1, 0.15) is 23.0 Å². The molecule has 0 unspecified atom stereocenters. The minimum Gasteiger partial charge on any atom is -0.298 e. The Morgan fingerprint density at radius 2 is 2.50 bits per heavy atom. The highest BCUT2D eigenvalue weighted by Crippen LogP contribution is 2.00. The lowest BCUT2D eigenvalue weighted by Gasteiger charge is -1.88. The maximum absolute atomic E-state index is 10.3. The number of aryl methyl sites for hydroxylation is 2. The van der Waals surface area contributed by atoms with Gasteiger partial charge in [0.15, 0.2) is 6.29 Å². The number of carbonyl (C=O) groups is 1. The van der Waals surface area contributed by atoms with Crippen LogP contribution in [-0.4, -0.2) is 16.1 Å². The van der Waals surface area contributed by atoms with E-state index in [4.69, 9.17) is 0 Å². The largest absolute Gasteiger partial charge is 0.298 e. The lowest BCUT2D eigenvalue weighted by Crippen LogP contribution is -1.93. The lowest BCUT2D eigenvalue weighted by atomic mass is 10.3. The van der Waals surface area contributed by atoms with Gasteiger partial charge in [-0.2, -0.15) is 5.10 Å². The molecule has 0 aliphatic heterocycles. The van der Waals surface area contributed by atoms with Gasteiger partial charge in [-0.1, -0.05) is 0 Å². The zero-order chi connectivity index (χ0) is 7.56. The maximum atomic E-state index is 10.3. The molecular formula is C7H10N2O. The van der Waals surface area contributed by atoms with Crippen LogP contribution in [-0.2, 0) is 6.54 Å². The molecule has 0 aromatic carbocycles. The normalized spacial score (nSPS) is 9.80. The van der Waals surface area contributed by atoms with Gasteiger partial charge in [-0.15, -0.1) is 0 Å². The molecule has 3 nitrogen and oxygen atoms in total. The van der Waals surface area contributed by atoms with Crippen molar-refractivity contribution in [1.82, 2.24) is 9.78 Å². The standard InChI is InChI=1S/C7H10N2O/c1-3-9-4-7(5-10)6(2)8-9/h4-5H,3H2,1-2H3. The Morgan fingerprint density at radius 1 is 1.80 bits per heavy atom. The Labute approximate surface area is 59.7 Å².